The van der Waals surface area contributed by atoms with Crippen molar-refractivity contribution < 1.29 is 37.7 Å². The molecule has 2 N–H and O–H groups in total. The highest BCUT2D eigenvalue weighted by Gasteiger charge is 2.35. The Hall–Kier alpha value is -4.64. The molecule has 6 rings (SSSR count). The number of nitrogens with zero attached hydrogens (tertiary/aromatic N) is 1. The Balaban J connectivity index is 1.50. The first kappa shape index (κ1) is 29.8. The minimum absolute atomic E-state index is 0.107. The second kappa shape index (κ2) is 13.6. The summed E-state index contributed by atoms with van der Waals surface area (Å²) < 4.78 is 37.7. The zero-order chi connectivity index (χ0) is 30.3. The van der Waals surface area contributed by atoms with Gasteiger partial charge in [-0.2, -0.15) is 0 Å². The number of fused-ring (bicyclic) bond motifs is 7. The number of methoxy groups -OCH3 is 2. The molecule has 0 radical (unpaired) electrons. The van der Waals surface area contributed by atoms with E-state index in [0.29, 0.717) is 41.3 Å². The maximum Gasteiger partial charge on any atom is 0.258 e. The molecule has 2 atom stereocenters. The highest BCUT2D eigenvalue weighted by atomic mass is 19.1. The standard InChI is InChI=1S/C32H34FN3O7/c1-40-13-11-31(38)36-12-10-28-27(18-36)35-32(39)25-15-21(7-9-26(25)33)20-4-3-5-23(14-20)42-19-30(37)34-17-22-6-8-24(43-28)16-29(22)41-2/h3-9,14-16,27-28H,10-13,17-19H2,1-2H3,(H,34,37)(H,35,39)/t27-,28+/m1/s1. The smallest absolute Gasteiger partial charge is 0.258 e. The highest BCUT2D eigenvalue weighted by molar-refractivity contribution is 5.96. The van der Waals surface area contributed by atoms with E-state index in [4.69, 9.17) is 18.9 Å². The van der Waals surface area contributed by atoms with Gasteiger partial charge in [-0.05, 0) is 47.5 Å². The highest BCUT2D eigenvalue weighted by Crippen LogP contribution is 2.29. The van der Waals surface area contributed by atoms with Crippen molar-refractivity contribution in [1.82, 2.24) is 15.5 Å². The van der Waals surface area contributed by atoms with E-state index in [9.17, 15) is 14.4 Å². The lowest BCUT2D eigenvalue weighted by molar-refractivity contribution is -0.134. The van der Waals surface area contributed by atoms with Gasteiger partial charge < -0.3 is 34.5 Å². The Morgan fingerprint density at radius 2 is 1.88 bits per heavy atom. The number of piperidine rings is 1. The van der Waals surface area contributed by atoms with Crippen LogP contribution in [0.5, 0.6) is 17.2 Å². The monoisotopic (exact) mass is 591 g/mol. The van der Waals surface area contributed by atoms with Gasteiger partial charge in [0, 0.05) is 44.8 Å². The molecule has 0 aliphatic carbocycles. The molecular weight excluding hydrogens is 557 g/mol. The number of benzene rings is 3. The number of carbonyl (C=O) groups is 3. The van der Waals surface area contributed by atoms with E-state index >= 15 is 4.39 Å². The molecule has 0 unspecified atom stereocenters. The number of ether oxygens (including phenoxy) is 4. The van der Waals surface area contributed by atoms with Crippen molar-refractivity contribution in [3.63, 3.8) is 0 Å². The molecule has 3 amide bonds. The van der Waals surface area contributed by atoms with Crippen molar-refractivity contribution >= 4 is 17.7 Å². The average molecular weight is 592 g/mol. The van der Waals surface area contributed by atoms with E-state index in [2.05, 4.69) is 10.6 Å². The lowest BCUT2D eigenvalue weighted by Gasteiger charge is -2.39. The van der Waals surface area contributed by atoms with Crippen LogP contribution in [0.3, 0.4) is 0 Å². The first-order valence-corrected chi connectivity index (χ1v) is 14.0. The predicted octanol–water partition coefficient (Wildman–Crippen LogP) is 3.32. The van der Waals surface area contributed by atoms with E-state index < -0.39 is 23.9 Å². The molecule has 3 aromatic carbocycles. The third-order valence-corrected chi connectivity index (χ3v) is 7.51. The number of hydrogen-bond acceptors (Lipinski definition) is 7. The predicted molar refractivity (Wildman–Crippen MR) is 156 cm³/mol. The lowest BCUT2D eigenvalue weighted by Crippen LogP contribution is -2.58. The van der Waals surface area contributed by atoms with Crippen LogP contribution < -0.4 is 24.8 Å². The molecule has 3 aromatic rings. The summed E-state index contributed by atoms with van der Waals surface area (Å²) in [7, 11) is 3.05. The molecule has 1 fully saturated rings. The third-order valence-electron chi connectivity index (χ3n) is 7.51. The number of halogens is 1. The maximum absolute atomic E-state index is 15.0. The molecule has 3 aliphatic rings. The molecular formula is C32H34FN3O7. The summed E-state index contributed by atoms with van der Waals surface area (Å²) in [5.41, 5.74) is 1.86. The van der Waals surface area contributed by atoms with Gasteiger partial charge in [0.05, 0.1) is 31.7 Å². The zero-order valence-corrected chi connectivity index (χ0v) is 24.1. The van der Waals surface area contributed by atoms with Crippen molar-refractivity contribution in [1.29, 1.82) is 0 Å². The largest absolute Gasteiger partial charge is 0.496 e. The maximum atomic E-state index is 15.0. The molecule has 10 nitrogen and oxygen atoms in total. The van der Waals surface area contributed by atoms with E-state index in [1.54, 1.807) is 53.4 Å². The van der Waals surface area contributed by atoms with Crippen LogP contribution in [-0.4, -0.2) is 75.3 Å². The average Bonchev–Trinajstić information content (AvgIpc) is 3.02. The van der Waals surface area contributed by atoms with Gasteiger partial charge in [0.2, 0.25) is 5.91 Å². The SMILES string of the molecule is COCCC(=O)N1CC[C@@H]2Oc3ccc(c(OC)c3)CNC(=O)COc3cccc(c3)-c3ccc(F)c(c3)C(=O)N[C@@H]2C1. The Kier molecular flexibility index (Phi) is 9.41. The van der Waals surface area contributed by atoms with Gasteiger partial charge in [-0.25, -0.2) is 4.39 Å². The fraction of sp³-hybridized carbons (Fsp3) is 0.344. The van der Waals surface area contributed by atoms with Crippen LogP contribution in [0.15, 0.2) is 60.7 Å². The van der Waals surface area contributed by atoms with E-state index in [0.717, 1.165) is 5.56 Å². The summed E-state index contributed by atoms with van der Waals surface area (Å²) in [6.45, 7) is 0.885. The Labute approximate surface area is 249 Å². The van der Waals surface area contributed by atoms with Gasteiger partial charge >= 0.3 is 0 Å². The van der Waals surface area contributed by atoms with Gasteiger partial charge in [-0.15, -0.1) is 0 Å². The minimum Gasteiger partial charge on any atom is -0.496 e. The van der Waals surface area contributed by atoms with E-state index in [-0.39, 0.29) is 50.1 Å². The van der Waals surface area contributed by atoms with Crippen molar-refractivity contribution in [2.24, 2.45) is 0 Å². The topological polar surface area (TPSA) is 115 Å². The van der Waals surface area contributed by atoms with Crippen LogP contribution in [0.1, 0.15) is 28.8 Å². The van der Waals surface area contributed by atoms with Crippen LogP contribution in [0, 0.1) is 5.82 Å². The summed E-state index contributed by atoms with van der Waals surface area (Å²) >= 11 is 0. The second-order valence-electron chi connectivity index (χ2n) is 10.4. The number of amides is 3. The molecule has 0 saturated carbocycles. The van der Waals surface area contributed by atoms with E-state index in [1.807, 2.05) is 0 Å². The van der Waals surface area contributed by atoms with Crippen LogP contribution in [-0.2, 0) is 20.9 Å². The second-order valence-corrected chi connectivity index (χ2v) is 10.4. The summed E-state index contributed by atoms with van der Waals surface area (Å²) in [5, 5.41) is 5.77. The fourth-order valence-electron chi connectivity index (χ4n) is 5.19. The van der Waals surface area contributed by atoms with Gasteiger partial charge in [-0.1, -0.05) is 18.2 Å². The molecule has 3 heterocycles. The van der Waals surface area contributed by atoms with Gasteiger partial charge in [0.1, 0.15) is 29.2 Å². The van der Waals surface area contributed by atoms with E-state index in [1.165, 1.54) is 26.4 Å². The molecule has 11 heteroatoms. The van der Waals surface area contributed by atoms with Crippen molar-refractivity contribution in [2.75, 3.05) is 40.5 Å². The lowest BCUT2D eigenvalue weighted by atomic mass is 9.99. The summed E-state index contributed by atoms with van der Waals surface area (Å²) in [4.78, 5) is 40.6. The molecule has 6 bridgehead atoms. The first-order valence-electron chi connectivity index (χ1n) is 14.0. The van der Waals surface area contributed by atoms with Crippen LogP contribution >= 0.6 is 0 Å². The number of nitrogens with one attached hydrogen (secondary N) is 2. The van der Waals surface area contributed by atoms with Crippen LogP contribution in [0.4, 0.5) is 4.39 Å². The quantitative estimate of drug-likeness (QED) is 0.478. The molecule has 3 aliphatic heterocycles. The van der Waals surface area contributed by atoms with Gasteiger partial charge in [0.15, 0.2) is 6.61 Å². The van der Waals surface area contributed by atoms with Gasteiger partial charge in [0.25, 0.3) is 11.8 Å². The summed E-state index contributed by atoms with van der Waals surface area (Å²) in [6, 6.07) is 15.9. The molecule has 226 valence electrons. The number of carbonyl (C=O) groups excluding carboxylic acids is 3. The van der Waals surface area contributed by atoms with Crippen molar-refractivity contribution in [3.8, 4) is 28.4 Å². The fourth-order valence-corrected chi connectivity index (χ4v) is 5.19. The van der Waals surface area contributed by atoms with Gasteiger partial charge in [-0.3, -0.25) is 14.4 Å². The number of hydrogen-bond donors (Lipinski definition) is 2. The third kappa shape index (κ3) is 7.23. The number of likely N-dealkylation sites (tertiary alicyclic amines) is 1. The van der Waals surface area contributed by atoms with Crippen LogP contribution in [0.2, 0.25) is 0 Å². The first-order chi connectivity index (χ1) is 20.8. The molecule has 0 aromatic heterocycles. The van der Waals surface area contributed by atoms with Crippen LogP contribution in [0.25, 0.3) is 11.1 Å². The van der Waals surface area contributed by atoms with Crippen molar-refractivity contribution in [3.05, 3.63) is 77.6 Å². The summed E-state index contributed by atoms with van der Waals surface area (Å²) in [6.07, 6.45) is 0.118. The molecule has 0 spiro atoms. The Morgan fingerprint density at radius 1 is 1.05 bits per heavy atom. The Morgan fingerprint density at radius 3 is 2.70 bits per heavy atom. The summed E-state index contributed by atoms with van der Waals surface area (Å²) in [5.74, 6) is -0.307. The minimum atomic E-state index is -0.686. The number of rotatable bonds is 4. The molecule has 1 saturated heterocycles. The normalized spacial score (nSPS) is 18.8. The Bertz CT molecular complexity index is 1500. The zero-order valence-electron chi connectivity index (χ0n) is 24.1. The molecule has 43 heavy (non-hydrogen) atoms. The van der Waals surface area contributed by atoms with Crippen molar-refractivity contribution in [2.45, 2.75) is 31.5 Å².